The van der Waals surface area contributed by atoms with E-state index in [2.05, 4.69) is 5.10 Å². The van der Waals surface area contributed by atoms with Gasteiger partial charge in [0.1, 0.15) is 11.9 Å². The minimum Gasteiger partial charge on any atom is -0.490 e. The van der Waals surface area contributed by atoms with Gasteiger partial charge in [-0.15, -0.1) is 0 Å². The van der Waals surface area contributed by atoms with Crippen molar-refractivity contribution in [1.82, 2.24) is 19.6 Å². The average Bonchev–Trinajstić information content (AvgIpc) is 3.31. The Morgan fingerprint density at radius 1 is 1.16 bits per heavy atom. The largest absolute Gasteiger partial charge is 0.490 e. The van der Waals surface area contributed by atoms with Crippen LogP contribution in [0.5, 0.6) is 5.75 Å². The number of aryl methyl sites for hydroxylation is 1. The van der Waals surface area contributed by atoms with Crippen LogP contribution in [-0.4, -0.2) is 76.9 Å². The molecule has 2 atom stereocenters. The molecule has 8 nitrogen and oxygen atoms in total. The molecule has 1 aromatic heterocycles. The van der Waals surface area contributed by atoms with E-state index >= 15 is 0 Å². The second-order valence-corrected chi connectivity index (χ2v) is 8.63. The molecule has 0 radical (unpaired) electrons. The lowest BCUT2D eigenvalue weighted by Crippen LogP contribution is -2.50. The van der Waals surface area contributed by atoms with Crippen LogP contribution in [-0.2, 0) is 16.1 Å². The fourth-order valence-corrected chi connectivity index (χ4v) is 4.36. The van der Waals surface area contributed by atoms with Gasteiger partial charge in [-0.2, -0.15) is 5.10 Å². The normalized spacial score (nSPS) is 21.4. The van der Waals surface area contributed by atoms with Gasteiger partial charge in [0.15, 0.2) is 0 Å². The van der Waals surface area contributed by atoms with Crippen LogP contribution in [0.3, 0.4) is 0 Å². The summed E-state index contributed by atoms with van der Waals surface area (Å²) in [5.74, 6) is 0.627. The van der Waals surface area contributed by atoms with Crippen molar-refractivity contribution in [3.63, 3.8) is 0 Å². The maximum atomic E-state index is 13.1. The van der Waals surface area contributed by atoms with E-state index in [0.717, 1.165) is 0 Å². The van der Waals surface area contributed by atoms with E-state index in [1.54, 1.807) is 29.2 Å². The van der Waals surface area contributed by atoms with Gasteiger partial charge < -0.3 is 19.3 Å². The third-order valence-electron chi connectivity index (χ3n) is 6.06. The molecule has 2 amide bonds. The summed E-state index contributed by atoms with van der Waals surface area (Å²) in [7, 11) is 0. The van der Waals surface area contributed by atoms with Gasteiger partial charge in [-0.1, -0.05) is 11.6 Å². The Bertz CT molecular complexity index is 926. The maximum absolute atomic E-state index is 13.1. The first-order valence-electron chi connectivity index (χ1n) is 11.1. The number of nitrogens with zero attached hydrogens (tertiary/aromatic N) is 4. The second-order valence-electron chi connectivity index (χ2n) is 8.19. The van der Waals surface area contributed by atoms with E-state index in [9.17, 15) is 9.59 Å². The van der Waals surface area contributed by atoms with Crippen LogP contribution in [0, 0.1) is 5.92 Å². The molecule has 2 aliphatic rings. The SMILES string of the molecule is CCn1cc(C(=O)N2CC[C@H](Oc3ccc(Cl)cc3)[C@@H](CC(=O)N3CCOCC3)C2)cn1. The number of hydrogen-bond donors (Lipinski definition) is 0. The minimum absolute atomic E-state index is 0.0570. The van der Waals surface area contributed by atoms with Gasteiger partial charge in [-0.05, 0) is 31.2 Å². The lowest BCUT2D eigenvalue weighted by atomic mass is 9.90. The maximum Gasteiger partial charge on any atom is 0.257 e. The smallest absolute Gasteiger partial charge is 0.257 e. The van der Waals surface area contributed by atoms with Crippen molar-refractivity contribution in [2.45, 2.75) is 32.4 Å². The number of morpholine rings is 1. The first kappa shape index (κ1) is 22.6. The molecule has 2 fully saturated rings. The Balaban J connectivity index is 1.47. The standard InChI is InChI=1S/C23H29ClN4O4/c1-2-28-16-18(14-25-28)23(30)27-8-7-21(32-20-5-3-19(24)4-6-20)17(15-27)13-22(29)26-9-11-31-12-10-26/h3-6,14,16-17,21H,2,7-13,15H2,1H3/t17-,21-/m0/s1. The van der Waals surface area contributed by atoms with Crippen molar-refractivity contribution in [1.29, 1.82) is 0 Å². The number of carbonyl (C=O) groups excluding carboxylic acids is 2. The number of likely N-dealkylation sites (tertiary alicyclic amines) is 1. The highest BCUT2D eigenvalue weighted by Gasteiger charge is 2.36. The van der Waals surface area contributed by atoms with Crippen molar-refractivity contribution in [2.24, 2.45) is 5.92 Å². The molecule has 2 aliphatic heterocycles. The summed E-state index contributed by atoms with van der Waals surface area (Å²) in [5, 5.41) is 4.86. The molecular weight excluding hydrogens is 432 g/mol. The number of piperidine rings is 1. The molecule has 0 unspecified atom stereocenters. The van der Waals surface area contributed by atoms with E-state index < -0.39 is 0 Å². The molecule has 9 heteroatoms. The summed E-state index contributed by atoms with van der Waals surface area (Å²) in [5.41, 5.74) is 0.571. The molecule has 0 saturated carbocycles. The molecule has 0 aliphatic carbocycles. The third-order valence-corrected chi connectivity index (χ3v) is 6.31. The van der Waals surface area contributed by atoms with E-state index in [0.29, 0.717) is 75.1 Å². The number of benzene rings is 1. The average molecular weight is 461 g/mol. The zero-order valence-electron chi connectivity index (χ0n) is 18.3. The first-order valence-corrected chi connectivity index (χ1v) is 11.5. The second kappa shape index (κ2) is 10.4. The third kappa shape index (κ3) is 5.42. The summed E-state index contributed by atoms with van der Waals surface area (Å²) in [6.07, 6.45) is 4.19. The number of rotatable bonds is 6. The molecule has 2 saturated heterocycles. The lowest BCUT2D eigenvalue weighted by molar-refractivity contribution is -0.137. The molecule has 0 N–H and O–H groups in total. The number of ether oxygens (including phenoxy) is 2. The predicted molar refractivity (Wildman–Crippen MR) is 120 cm³/mol. The molecule has 32 heavy (non-hydrogen) atoms. The monoisotopic (exact) mass is 460 g/mol. The Morgan fingerprint density at radius 3 is 2.59 bits per heavy atom. The van der Waals surface area contributed by atoms with Crippen molar-refractivity contribution in [2.75, 3.05) is 39.4 Å². The lowest BCUT2D eigenvalue weighted by Gasteiger charge is -2.39. The molecule has 0 bridgehead atoms. The predicted octanol–water partition coefficient (Wildman–Crippen LogP) is 2.72. The topological polar surface area (TPSA) is 76.9 Å². The highest BCUT2D eigenvalue weighted by molar-refractivity contribution is 6.30. The van der Waals surface area contributed by atoms with Crippen molar-refractivity contribution in [3.05, 3.63) is 47.2 Å². The molecule has 172 valence electrons. The van der Waals surface area contributed by atoms with Gasteiger partial charge in [-0.3, -0.25) is 14.3 Å². The highest BCUT2D eigenvalue weighted by atomic mass is 35.5. The first-order chi connectivity index (χ1) is 15.5. The fraction of sp³-hybridized carbons (Fsp3) is 0.522. The number of carbonyl (C=O) groups is 2. The van der Waals surface area contributed by atoms with Crippen molar-refractivity contribution >= 4 is 23.4 Å². The van der Waals surface area contributed by atoms with Gasteiger partial charge in [0.25, 0.3) is 5.91 Å². The van der Waals surface area contributed by atoms with Crippen LogP contribution >= 0.6 is 11.6 Å². The molecule has 0 spiro atoms. The molecule has 4 rings (SSSR count). The number of amides is 2. The Labute approximate surface area is 193 Å². The van der Waals surface area contributed by atoms with Crippen LogP contribution in [0.25, 0.3) is 0 Å². The number of aromatic nitrogens is 2. The number of halogens is 1. The van der Waals surface area contributed by atoms with Crippen LogP contribution in [0.15, 0.2) is 36.7 Å². The van der Waals surface area contributed by atoms with Crippen LogP contribution in [0.2, 0.25) is 5.02 Å². The Morgan fingerprint density at radius 2 is 1.91 bits per heavy atom. The van der Waals surface area contributed by atoms with E-state index in [1.807, 2.05) is 28.9 Å². The van der Waals surface area contributed by atoms with Gasteiger partial charge in [0.2, 0.25) is 5.91 Å². The van der Waals surface area contributed by atoms with Gasteiger partial charge in [0, 0.05) is 62.7 Å². The summed E-state index contributed by atoms with van der Waals surface area (Å²) in [6, 6.07) is 7.24. The molecular formula is C23H29ClN4O4. The van der Waals surface area contributed by atoms with Crippen LogP contribution in [0.4, 0.5) is 0 Å². The summed E-state index contributed by atoms with van der Waals surface area (Å²) < 4.78 is 13.4. The zero-order chi connectivity index (χ0) is 22.5. The summed E-state index contributed by atoms with van der Waals surface area (Å²) >= 11 is 6.00. The zero-order valence-corrected chi connectivity index (χ0v) is 19.0. The fourth-order valence-electron chi connectivity index (χ4n) is 4.23. The highest BCUT2D eigenvalue weighted by Crippen LogP contribution is 2.28. The van der Waals surface area contributed by atoms with E-state index in [4.69, 9.17) is 21.1 Å². The van der Waals surface area contributed by atoms with Gasteiger partial charge >= 0.3 is 0 Å². The van der Waals surface area contributed by atoms with Gasteiger partial charge in [0.05, 0.1) is 25.0 Å². The quantitative estimate of drug-likeness (QED) is 0.662. The van der Waals surface area contributed by atoms with E-state index in [-0.39, 0.29) is 23.8 Å². The van der Waals surface area contributed by atoms with E-state index in [1.165, 1.54) is 0 Å². The van der Waals surface area contributed by atoms with Gasteiger partial charge in [-0.25, -0.2) is 0 Å². The minimum atomic E-state index is -0.163. The summed E-state index contributed by atoms with van der Waals surface area (Å²) in [6.45, 7) is 6.05. The Hall–Kier alpha value is -2.58. The molecule has 1 aromatic carbocycles. The van der Waals surface area contributed by atoms with Crippen molar-refractivity contribution in [3.8, 4) is 5.75 Å². The summed E-state index contributed by atoms with van der Waals surface area (Å²) in [4.78, 5) is 29.7. The van der Waals surface area contributed by atoms with Crippen LogP contribution < -0.4 is 4.74 Å². The number of hydrogen-bond acceptors (Lipinski definition) is 5. The van der Waals surface area contributed by atoms with Crippen LogP contribution in [0.1, 0.15) is 30.1 Å². The Kier molecular flexibility index (Phi) is 7.32. The van der Waals surface area contributed by atoms with Crippen molar-refractivity contribution < 1.29 is 19.1 Å². The molecule has 2 aromatic rings. The molecule has 3 heterocycles.